The second-order valence-electron chi connectivity index (χ2n) is 3.96. The van der Waals surface area contributed by atoms with Crippen LogP contribution in [0.4, 0.5) is 5.82 Å². The van der Waals surface area contributed by atoms with E-state index in [4.69, 9.17) is 5.26 Å². The van der Waals surface area contributed by atoms with Gasteiger partial charge < -0.3 is 10.2 Å². The van der Waals surface area contributed by atoms with Crippen LogP contribution in [-0.4, -0.2) is 30.7 Å². The lowest BCUT2D eigenvalue weighted by Crippen LogP contribution is -2.40. The predicted molar refractivity (Wildman–Crippen MR) is 70.0 cm³/mol. The fourth-order valence-corrected chi connectivity index (χ4v) is 1.78. The maximum atomic E-state index is 8.74. The Morgan fingerprint density at radius 2 is 2.24 bits per heavy atom. The van der Waals surface area contributed by atoms with Crippen molar-refractivity contribution in [1.29, 1.82) is 5.26 Å². The molecule has 0 saturated heterocycles. The Bertz CT molecular complexity index is 366. The van der Waals surface area contributed by atoms with E-state index >= 15 is 0 Å². The van der Waals surface area contributed by atoms with Crippen LogP contribution in [0, 0.1) is 11.3 Å². The summed E-state index contributed by atoms with van der Waals surface area (Å²) in [5, 5.41) is 12.1. The molecule has 17 heavy (non-hydrogen) atoms. The van der Waals surface area contributed by atoms with Gasteiger partial charge in [0, 0.05) is 25.3 Å². The Labute approximate surface area is 103 Å². The molecule has 1 N–H and O–H groups in total. The van der Waals surface area contributed by atoms with Gasteiger partial charge in [0.05, 0.1) is 5.56 Å². The molecule has 0 saturated carbocycles. The van der Waals surface area contributed by atoms with E-state index in [9.17, 15) is 0 Å². The van der Waals surface area contributed by atoms with Gasteiger partial charge in [-0.1, -0.05) is 6.92 Å². The Morgan fingerprint density at radius 1 is 1.47 bits per heavy atom. The smallest absolute Gasteiger partial charge is 0.128 e. The fraction of sp³-hybridized carbons (Fsp3) is 0.538. The molecule has 92 valence electrons. The lowest BCUT2D eigenvalue weighted by Gasteiger charge is -2.29. The summed E-state index contributed by atoms with van der Waals surface area (Å²) < 4.78 is 0. The Morgan fingerprint density at radius 3 is 2.71 bits per heavy atom. The van der Waals surface area contributed by atoms with E-state index in [2.05, 4.69) is 42.0 Å². The highest BCUT2D eigenvalue weighted by molar-refractivity contribution is 5.42. The molecule has 4 heteroatoms. The van der Waals surface area contributed by atoms with E-state index in [-0.39, 0.29) is 0 Å². The highest BCUT2D eigenvalue weighted by atomic mass is 15.2. The van der Waals surface area contributed by atoms with Crippen LogP contribution in [-0.2, 0) is 0 Å². The quantitative estimate of drug-likeness (QED) is 0.812. The summed E-state index contributed by atoms with van der Waals surface area (Å²) in [7, 11) is 0. The second kappa shape index (κ2) is 6.87. The molecular weight excluding hydrogens is 212 g/mol. The third-order valence-corrected chi connectivity index (χ3v) is 2.73. The van der Waals surface area contributed by atoms with Gasteiger partial charge in [-0.2, -0.15) is 5.26 Å². The second-order valence-corrected chi connectivity index (χ2v) is 3.96. The van der Waals surface area contributed by atoms with E-state index in [1.807, 2.05) is 12.1 Å². The standard InChI is InChI=1S/C13H20N4/c1-4-15-9-11(3)17(5-2)13-7-6-12(8-14)10-16-13/h6-7,10-11,15H,4-5,9H2,1-3H3. The first-order chi connectivity index (χ1) is 8.22. The van der Waals surface area contributed by atoms with Gasteiger partial charge in [0.25, 0.3) is 0 Å². The molecule has 0 aromatic carbocycles. The summed E-state index contributed by atoms with van der Waals surface area (Å²) in [6.07, 6.45) is 1.62. The highest BCUT2D eigenvalue weighted by Gasteiger charge is 2.13. The molecule has 0 aliphatic carbocycles. The number of nitriles is 1. The van der Waals surface area contributed by atoms with Crippen molar-refractivity contribution in [1.82, 2.24) is 10.3 Å². The highest BCUT2D eigenvalue weighted by Crippen LogP contribution is 2.13. The number of hydrogen-bond donors (Lipinski definition) is 1. The number of aromatic nitrogens is 1. The first kappa shape index (κ1) is 13.5. The van der Waals surface area contributed by atoms with Gasteiger partial charge in [0.1, 0.15) is 11.9 Å². The molecule has 1 rings (SSSR count). The molecule has 0 amide bonds. The van der Waals surface area contributed by atoms with Crippen molar-refractivity contribution in [2.24, 2.45) is 0 Å². The molecule has 0 spiro atoms. The molecule has 1 aromatic rings. The molecule has 0 radical (unpaired) electrons. The van der Waals surface area contributed by atoms with Crippen LogP contribution in [0.1, 0.15) is 26.3 Å². The van der Waals surface area contributed by atoms with E-state index in [0.717, 1.165) is 25.5 Å². The first-order valence-corrected chi connectivity index (χ1v) is 6.06. The van der Waals surface area contributed by atoms with Gasteiger partial charge in [-0.15, -0.1) is 0 Å². The zero-order valence-corrected chi connectivity index (χ0v) is 10.8. The summed E-state index contributed by atoms with van der Waals surface area (Å²) in [4.78, 5) is 6.55. The van der Waals surface area contributed by atoms with Crippen molar-refractivity contribution in [2.45, 2.75) is 26.8 Å². The van der Waals surface area contributed by atoms with Crippen molar-refractivity contribution in [3.05, 3.63) is 23.9 Å². The topological polar surface area (TPSA) is 52.0 Å². The molecule has 1 unspecified atom stereocenters. The van der Waals surface area contributed by atoms with Crippen LogP contribution in [0.15, 0.2) is 18.3 Å². The zero-order valence-electron chi connectivity index (χ0n) is 10.8. The summed E-state index contributed by atoms with van der Waals surface area (Å²) in [5.74, 6) is 0.928. The van der Waals surface area contributed by atoms with Gasteiger partial charge in [0.2, 0.25) is 0 Å². The number of nitrogens with zero attached hydrogens (tertiary/aromatic N) is 3. The normalized spacial score (nSPS) is 11.9. The predicted octanol–water partition coefficient (Wildman–Crippen LogP) is 1.78. The average Bonchev–Trinajstić information content (AvgIpc) is 2.38. The van der Waals surface area contributed by atoms with E-state index in [1.54, 1.807) is 6.20 Å². The summed E-state index contributed by atoms with van der Waals surface area (Å²) >= 11 is 0. The minimum absolute atomic E-state index is 0.389. The average molecular weight is 232 g/mol. The summed E-state index contributed by atoms with van der Waals surface area (Å²) in [6, 6.07) is 6.19. The number of pyridine rings is 1. The van der Waals surface area contributed by atoms with E-state index in [0.29, 0.717) is 11.6 Å². The third kappa shape index (κ3) is 3.72. The summed E-state index contributed by atoms with van der Waals surface area (Å²) in [5.41, 5.74) is 0.601. The Balaban J connectivity index is 2.75. The Kier molecular flexibility index (Phi) is 5.44. The first-order valence-electron chi connectivity index (χ1n) is 6.06. The maximum Gasteiger partial charge on any atom is 0.128 e. The van der Waals surface area contributed by atoms with Crippen LogP contribution in [0.5, 0.6) is 0 Å². The van der Waals surface area contributed by atoms with Crippen LogP contribution in [0.2, 0.25) is 0 Å². The van der Waals surface area contributed by atoms with Crippen LogP contribution in [0.3, 0.4) is 0 Å². The van der Waals surface area contributed by atoms with Crippen molar-refractivity contribution >= 4 is 5.82 Å². The molecule has 0 aliphatic heterocycles. The Hall–Kier alpha value is -1.60. The minimum atomic E-state index is 0.389. The molecule has 0 aliphatic rings. The summed E-state index contributed by atoms with van der Waals surface area (Å²) in [6.45, 7) is 9.21. The van der Waals surface area contributed by atoms with Gasteiger partial charge in [-0.3, -0.25) is 0 Å². The van der Waals surface area contributed by atoms with E-state index in [1.165, 1.54) is 0 Å². The van der Waals surface area contributed by atoms with Crippen molar-refractivity contribution in [3.8, 4) is 6.07 Å². The van der Waals surface area contributed by atoms with Gasteiger partial charge in [-0.25, -0.2) is 4.98 Å². The van der Waals surface area contributed by atoms with Crippen molar-refractivity contribution in [3.63, 3.8) is 0 Å². The zero-order chi connectivity index (χ0) is 12.7. The van der Waals surface area contributed by atoms with Crippen molar-refractivity contribution < 1.29 is 0 Å². The van der Waals surface area contributed by atoms with Crippen LogP contribution >= 0.6 is 0 Å². The third-order valence-electron chi connectivity index (χ3n) is 2.73. The molecule has 1 aromatic heterocycles. The van der Waals surface area contributed by atoms with Crippen molar-refractivity contribution in [2.75, 3.05) is 24.5 Å². The fourth-order valence-electron chi connectivity index (χ4n) is 1.78. The number of anilines is 1. The maximum absolute atomic E-state index is 8.74. The lowest BCUT2D eigenvalue weighted by atomic mass is 10.2. The molecule has 0 fully saturated rings. The molecule has 4 nitrogen and oxygen atoms in total. The monoisotopic (exact) mass is 232 g/mol. The van der Waals surface area contributed by atoms with Gasteiger partial charge in [0.15, 0.2) is 0 Å². The molecule has 0 bridgehead atoms. The number of nitrogens with one attached hydrogen (secondary N) is 1. The van der Waals surface area contributed by atoms with Crippen LogP contribution in [0.25, 0.3) is 0 Å². The molecule has 1 heterocycles. The SMILES string of the molecule is CCNCC(C)N(CC)c1ccc(C#N)cn1. The molecular formula is C13H20N4. The minimum Gasteiger partial charge on any atom is -0.353 e. The largest absolute Gasteiger partial charge is 0.353 e. The van der Waals surface area contributed by atoms with Gasteiger partial charge in [-0.05, 0) is 32.5 Å². The van der Waals surface area contributed by atoms with Crippen LogP contribution < -0.4 is 10.2 Å². The van der Waals surface area contributed by atoms with E-state index < -0.39 is 0 Å². The number of hydrogen-bond acceptors (Lipinski definition) is 4. The number of likely N-dealkylation sites (N-methyl/N-ethyl adjacent to an activating group) is 2. The molecule has 1 atom stereocenters. The van der Waals surface area contributed by atoms with Gasteiger partial charge >= 0.3 is 0 Å². The lowest BCUT2D eigenvalue weighted by molar-refractivity contribution is 0.576. The number of rotatable bonds is 6.